The van der Waals surface area contributed by atoms with Gasteiger partial charge in [-0.3, -0.25) is 9.59 Å². The molecule has 0 saturated heterocycles. The summed E-state index contributed by atoms with van der Waals surface area (Å²) in [6.45, 7) is 0.221. The first kappa shape index (κ1) is 19.7. The number of carbonyl (C=O) groups excluding carboxylic acids is 2. The molecule has 1 aliphatic heterocycles. The first-order valence-corrected chi connectivity index (χ1v) is 9.30. The van der Waals surface area contributed by atoms with Crippen molar-refractivity contribution < 1.29 is 22.8 Å². The van der Waals surface area contributed by atoms with Crippen molar-refractivity contribution in [1.29, 1.82) is 0 Å². The SMILES string of the molecule is O=C(NCc1ccc(F)cc1F)c1ccc2c(c1)CC(=O)N2Cc1ccc(F)cc1. The summed E-state index contributed by atoms with van der Waals surface area (Å²) in [7, 11) is 0. The smallest absolute Gasteiger partial charge is 0.251 e. The molecule has 3 aromatic carbocycles. The summed E-state index contributed by atoms with van der Waals surface area (Å²) in [6, 6.07) is 14.0. The number of hydrogen-bond acceptors (Lipinski definition) is 2. The maximum Gasteiger partial charge on any atom is 0.251 e. The highest BCUT2D eigenvalue weighted by molar-refractivity contribution is 6.03. The van der Waals surface area contributed by atoms with Gasteiger partial charge in [0.15, 0.2) is 0 Å². The topological polar surface area (TPSA) is 49.4 Å². The molecule has 0 bridgehead atoms. The Bertz CT molecular complexity index is 1130. The molecule has 0 saturated carbocycles. The van der Waals surface area contributed by atoms with Crippen LogP contribution in [0.5, 0.6) is 0 Å². The molecule has 3 aromatic rings. The zero-order chi connectivity index (χ0) is 21.3. The van der Waals surface area contributed by atoms with Crippen LogP contribution in [0.15, 0.2) is 60.7 Å². The van der Waals surface area contributed by atoms with Crippen LogP contribution < -0.4 is 10.2 Å². The summed E-state index contributed by atoms with van der Waals surface area (Å²) >= 11 is 0. The molecule has 0 fully saturated rings. The van der Waals surface area contributed by atoms with E-state index in [4.69, 9.17) is 0 Å². The number of fused-ring (bicyclic) bond motifs is 1. The minimum atomic E-state index is -0.730. The lowest BCUT2D eigenvalue weighted by Crippen LogP contribution is -2.26. The minimum Gasteiger partial charge on any atom is -0.348 e. The molecule has 0 radical (unpaired) electrons. The number of amides is 2. The number of hydrogen-bond donors (Lipinski definition) is 1. The van der Waals surface area contributed by atoms with Crippen LogP contribution in [0.2, 0.25) is 0 Å². The van der Waals surface area contributed by atoms with Crippen LogP contribution in [-0.4, -0.2) is 11.8 Å². The average Bonchev–Trinajstić information content (AvgIpc) is 3.03. The Morgan fingerprint density at radius 2 is 1.67 bits per heavy atom. The summed E-state index contributed by atoms with van der Waals surface area (Å²) in [4.78, 5) is 26.5. The van der Waals surface area contributed by atoms with Gasteiger partial charge in [0, 0.05) is 29.4 Å². The standard InChI is InChI=1S/C23H17F3N2O2/c24-18-5-1-14(2-6-18)13-28-21-8-4-15(9-17(21)10-22(28)29)23(30)27-12-16-3-7-19(25)11-20(16)26/h1-9,11H,10,12-13H2,(H,27,30). The fourth-order valence-corrected chi connectivity index (χ4v) is 3.41. The fraction of sp³-hybridized carbons (Fsp3) is 0.130. The fourth-order valence-electron chi connectivity index (χ4n) is 3.41. The third-order valence-corrected chi connectivity index (χ3v) is 4.98. The van der Waals surface area contributed by atoms with Gasteiger partial charge in [0.25, 0.3) is 5.91 Å². The maximum absolute atomic E-state index is 13.7. The van der Waals surface area contributed by atoms with Crippen molar-refractivity contribution in [2.24, 2.45) is 0 Å². The highest BCUT2D eigenvalue weighted by Gasteiger charge is 2.28. The van der Waals surface area contributed by atoms with Crippen molar-refractivity contribution in [3.8, 4) is 0 Å². The Morgan fingerprint density at radius 3 is 2.40 bits per heavy atom. The molecule has 152 valence electrons. The molecule has 4 rings (SSSR count). The molecule has 1 N–H and O–H groups in total. The van der Waals surface area contributed by atoms with Crippen LogP contribution in [0.1, 0.15) is 27.0 Å². The Morgan fingerprint density at radius 1 is 0.933 bits per heavy atom. The van der Waals surface area contributed by atoms with Gasteiger partial charge in [0.2, 0.25) is 5.91 Å². The van der Waals surface area contributed by atoms with Crippen molar-refractivity contribution in [2.75, 3.05) is 4.90 Å². The van der Waals surface area contributed by atoms with Crippen LogP contribution in [0, 0.1) is 17.5 Å². The first-order chi connectivity index (χ1) is 14.4. The first-order valence-electron chi connectivity index (χ1n) is 9.30. The normalized spacial score (nSPS) is 12.8. The van der Waals surface area contributed by atoms with E-state index >= 15 is 0 Å². The Labute approximate surface area is 170 Å². The number of rotatable bonds is 5. The lowest BCUT2D eigenvalue weighted by molar-refractivity contribution is -0.117. The molecule has 1 aliphatic rings. The molecule has 4 nitrogen and oxygen atoms in total. The van der Waals surface area contributed by atoms with E-state index in [1.807, 2.05) is 0 Å². The van der Waals surface area contributed by atoms with E-state index in [-0.39, 0.29) is 30.3 Å². The molecule has 0 atom stereocenters. The molecule has 2 amide bonds. The number of halogens is 3. The Hall–Kier alpha value is -3.61. The Balaban J connectivity index is 1.47. The molecule has 0 unspecified atom stereocenters. The minimum absolute atomic E-state index is 0.0857. The zero-order valence-corrected chi connectivity index (χ0v) is 15.8. The largest absolute Gasteiger partial charge is 0.348 e. The zero-order valence-electron chi connectivity index (χ0n) is 15.8. The second kappa shape index (κ2) is 8.02. The molecule has 0 aliphatic carbocycles. The number of carbonyl (C=O) groups is 2. The van der Waals surface area contributed by atoms with E-state index in [1.165, 1.54) is 18.2 Å². The van der Waals surface area contributed by atoms with Crippen LogP contribution >= 0.6 is 0 Å². The van der Waals surface area contributed by atoms with Gasteiger partial charge in [-0.25, -0.2) is 13.2 Å². The third kappa shape index (κ3) is 4.05. The highest BCUT2D eigenvalue weighted by Crippen LogP contribution is 2.31. The molecular weight excluding hydrogens is 393 g/mol. The number of nitrogens with zero attached hydrogens (tertiary/aromatic N) is 1. The molecule has 0 aromatic heterocycles. The molecular formula is C23H17F3N2O2. The predicted molar refractivity (Wildman–Crippen MR) is 105 cm³/mol. The van der Waals surface area contributed by atoms with Crippen molar-refractivity contribution in [1.82, 2.24) is 5.32 Å². The predicted octanol–water partition coefficient (Wildman–Crippen LogP) is 4.12. The average molecular weight is 410 g/mol. The third-order valence-electron chi connectivity index (χ3n) is 4.98. The second-order valence-electron chi connectivity index (χ2n) is 7.05. The molecule has 7 heteroatoms. The summed E-state index contributed by atoms with van der Waals surface area (Å²) in [5, 5.41) is 2.60. The highest BCUT2D eigenvalue weighted by atomic mass is 19.1. The van der Waals surface area contributed by atoms with Gasteiger partial charge >= 0.3 is 0 Å². The summed E-state index contributed by atoms with van der Waals surface area (Å²) < 4.78 is 39.8. The number of benzene rings is 3. The summed E-state index contributed by atoms with van der Waals surface area (Å²) in [5.41, 5.74) is 2.72. The monoisotopic (exact) mass is 410 g/mol. The molecule has 0 spiro atoms. The van der Waals surface area contributed by atoms with Crippen LogP contribution in [0.4, 0.5) is 18.9 Å². The van der Waals surface area contributed by atoms with Gasteiger partial charge in [-0.15, -0.1) is 0 Å². The van der Waals surface area contributed by atoms with E-state index in [0.717, 1.165) is 17.7 Å². The van der Waals surface area contributed by atoms with E-state index < -0.39 is 17.5 Å². The van der Waals surface area contributed by atoms with E-state index in [2.05, 4.69) is 5.32 Å². The van der Waals surface area contributed by atoms with Gasteiger partial charge < -0.3 is 10.2 Å². The second-order valence-corrected chi connectivity index (χ2v) is 7.05. The maximum atomic E-state index is 13.7. The summed E-state index contributed by atoms with van der Waals surface area (Å²) in [6.07, 6.45) is 0.157. The van der Waals surface area contributed by atoms with Crippen LogP contribution in [-0.2, 0) is 24.3 Å². The van der Waals surface area contributed by atoms with Gasteiger partial charge in [-0.05, 0) is 47.5 Å². The van der Waals surface area contributed by atoms with Gasteiger partial charge in [0.05, 0.1) is 13.0 Å². The number of nitrogens with one attached hydrogen (secondary N) is 1. The van der Waals surface area contributed by atoms with Gasteiger partial charge in [0.1, 0.15) is 17.5 Å². The van der Waals surface area contributed by atoms with Crippen LogP contribution in [0.3, 0.4) is 0 Å². The molecule has 1 heterocycles. The van der Waals surface area contributed by atoms with Crippen molar-refractivity contribution in [3.63, 3.8) is 0 Å². The quantitative estimate of drug-likeness (QED) is 0.688. The van der Waals surface area contributed by atoms with E-state index in [0.29, 0.717) is 23.4 Å². The van der Waals surface area contributed by atoms with Gasteiger partial charge in [-0.2, -0.15) is 0 Å². The lowest BCUT2D eigenvalue weighted by Gasteiger charge is -2.18. The van der Waals surface area contributed by atoms with Crippen molar-refractivity contribution >= 4 is 17.5 Å². The van der Waals surface area contributed by atoms with Crippen molar-refractivity contribution in [3.05, 3.63) is 100 Å². The van der Waals surface area contributed by atoms with Crippen molar-refractivity contribution in [2.45, 2.75) is 19.5 Å². The summed E-state index contributed by atoms with van der Waals surface area (Å²) in [5.74, 6) is -2.29. The van der Waals surface area contributed by atoms with E-state index in [9.17, 15) is 22.8 Å². The van der Waals surface area contributed by atoms with E-state index in [1.54, 1.807) is 35.2 Å². The van der Waals surface area contributed by atoms with Gasteiger partial charge in [-0.1, -0.05) is 18.2 Å². The molecule has 30 heavy (non-hydrogen) atoms. The number of anilines is 1. The van der Waals surface area contributed by atoms with Crippen LogP contribution in [0.25, 0.3) is 0 Å². The Kier molecular flexibility index (Phi) is 5.27. The lowest BCUT2D eigenvalue weighted by atomic mass is 10.1.